The molecule has 0 unspecified atom stereocenters. The van der Waals surface area contributed by atoms with Crippen molar-refractivity contribution in [2.75, 3.05) is 7.11 Å². The summed E-state index contributed by atoms with van der Waals surface area (Å²) in [5, 5.41) is 0. The average Bonchev–Trinajstić information content (AvgIpc) is 2.97. The fourth-order valence-electron chi connectivity index (χ4n) is 2.22. The van der Waals surface area contributed by atoms with E-state index in [0.717, 1.165) is 0 Å². The molecular weight excluding hydrogens is 332 g/mol. The van der Waals surface area contributed by atoms with Crippen LogP contribution in [0, 0.1) is 0 Å². The predicted molar refractivity (Wildman–Crippen MR) is 86.7 cm³/mol. The van der Waals surface area contributed by atoms with Crippen LogP contribution in [0.4, 0.5) is 8.78 Å². The second-order valence-corrected chi connectivity index (χ2v) is 4.98. The van der Waals surface area contributed by atoms with Crippen LogP contribution in [0.15, 0.2) is 59.2 Å². The third-order valence-electron chi connectivity index (χ3n) is 3.38. The van der Waals surface area contributed by atoms with Crippen molar-refractivity contribution in [3.8, 4) is 11.5 Å². The molecule has 128 valence electrons. The minimum Gasteiger partial charge on any atom is -0.497 e. The van der Waals surface area contributed by atoms with Gasteiger partial charge in [-0.1, -0.05) is 18.2 Å². The van der Waals surface area contributed by atoms with Gasteiger partial charge in [-0.25, -0.2) is 9.79 Å². The molecule has 0 aliphatic carbocycles. The Morgan fingerprint density at radius 2 is 1.84 bits per heavy atom. The van der Waals surface area contributed by atoms with Crippen molar-refractivity contribution in [2.45, 2.75) is 6.61 Å². The summed E-state index contributed by atoms with van der Waals surface area (Å²) in [5.74, 6) is 0.0669. The van der Waals surface area contributed by atoms with Crippen LogP contribution in [0.2, 0.25) is 0 Å². The van der Waals surface area contributed by atoms with Gasteiger partial charge in [0.1, 0.15) is 11.5 Å². The topological polar surface area (TPSA) is 57.1 Å². The van der Waals surface area contributed by atoms with Crippen molar-refractivity contribution in [3.63, 3.8) is 0 Å². The van der Waals surface area contributed by atoms with E-state index in [9.17, 15) is 13.6 Å². The molecule has 0 N–H and O–H groups in total. The van der Waals surface area contributed by atoms with Gasteiger partial charge in [0.2, 0.25) is 5.90 Å². The SMILES string of the molecule is COc1ccc(C2=N/C(=C\c3ccccc3OC(F)F)C(=O)O2)cc1. The van der Waals surface area contributed by atoms with Crippen LogP contribution in [-0.2, 0) is 9.53 Å². The molecule has 2 aromatic rings. The van der Waals surface area contributed by atoms with Gasteiger partial charge in [-0.2, -0.15) is 8.78 Å². The number of aliphatic imine (C=N–C) groups is 1. The third kappa shape index (κ3) is 3.82. The van der Waals surface area contributed by atoms with Crippen molar-refractivity contribution in [2.24, 2.45) is 4.99 Å². The highest BCUT2D eigenvalue weighted by Crippen LogP contribution is 2.26. The molecule has 0 atom stereocenters. The maximum Gasteiger partial charge on any atom is 0.387 e. The second kappa shape index (κ2) is 7.12. The van der Waals surface area contributed by atoms with Gasteiger partial charge in [-0.15, -0.1) is 0 Å². The molecule has 0 saturated carbocycles. The van der Waals surface area contributed by atoms with E-state index in [4.69, 9.17) is 9.47 Å². The molecule has 5 nitrogen and oxygen atoms in total. The van der Waals surface area contributed by atoms with Gasteiger partial charge < -0.3 is 14.2 Å². The fraction of sp³-hybridized carbons (Fsp3) is 0.111. The molecule has 1 aliphatic heterocycles. The summed E-state index contributed by atoms with van der Waals surface area (Å²) in [5.41, 5.74) is 0.889. The van der Waals surface area contributed by atoms with Crippen LogP contribution in [0.5, 0.6) is 11.5 Å². The Balaban J connectivity index is 1.91. The van der Waals surface area contributed by atoms with Gasteiger partial charge in [0, 0.05) is 11.1 Å². The number of hydrogen-bond acceptors (Lipinski definition) is 5. The third-order valence-corrected chi connectivity index (χ3v) is 3.38. The summed E-state index contributed by atoms with van der Waals surface area (Å²) >= 11 is 0. The number of hydrogen-bond donors (Lipinski definition) is 0. The Kier molecular flexibility index (Phi) is 4.74. The van der Waals surface area contributed by atoms with Crippen LogP contribution >= 0.6 is 0 Å². The largest absolute Gasteiger partial charge is 0.497 e. The van der Waals surface area contributed by atoms with E-state index in [-0.39, 0.29) is 17.3 Å². The normalized spacial score (nSPS) is 15.3. The Morgan fingerprint density at radius 3 is 2.52 bits per heavy atom. The van der Waals surface area contributed by atoms with Crippen LogP contribution < -0.4 is 9.47 Å². The van der Waals surface area contributed by atoms with Gasteiger partial charge in [0.15, 0.2) is 5.70 Å². The lowest BCUT2D eigenvalue weighted by Crippen LogP contribution is -2.05. The van der Waals surface area contributed by atoms with Crippen molar-refractivity contribution in [1.82, 2.24) is 0 Å². The highest BCUT2D eigenvalue weighted by atomic mass is 19.3. The summed E-state index contributed by atoms with van der Waals surface area (Å²) in [4.78, 5) is 16.1. The molecular formula is C18H13F2NO4. The monoisotopic (exact) mass is 345 g/mol. The molecule has 1 heterocycles. The molecule has 25 heavy (non-hydrogen) atoms. The van der Waals surface area contributed by atoms with E-state index in [1.54, 1.807) is 49.6 Å². The number of rotatable bonds is 5. The highest BCUT2D eigenvalue weighted by Gasteiger charge is 2.24. The molecule has 0 amide bonds. The maximum atomic E-state index is 12.5. The number of carbonyl (C=O) groups is 1. The fourth-order valence-corrected chi connectivity index (χ4v) is 2.22. The van der Waals surface area contributed by atoms with Gasteiger partial charge in [0.05, 0.1) is 7.11 Å². The molecule has 0 saturated heterocycles. The summed E-state index contributed by atoms with van der Waals surface area (Å²) in [6.07, 6.45) is 1.34. The number of para-hydroxylation sites is 1. The van der Waals surface area contributed by atoms with Crippen molar-refractivity contribution < 1.29 is 27.8 Å². The minimum atomic E-state index is -2.96. The Hall–Kier alpha value is -3.22. The molecule has 0 radical (unpaired) electrons. The first-order chi connectivity index (χ1) is 12.1. The van der Waals surface area contributed by atoms with E-state index < -0.39 is 12.6 Å². The number of halogens is 2. The first-order valence-corrected chi connectivity index (χ1v) is 7.27. The number of alkyl halides is 2. The number of ether oxygens (including phenoxy) is 3. The molecule has 3 rings (SSSR count). The quantitative estimate of drug-likeness (QED) is 0.613. The summed E-state index contributed by atoms with van der Waals surface area (Å²) in [6.45, 7) is -2.96. The van der Waals surface area contributed by atoms with Crippen molar-refractivity contribution in [3.05, 3.63) is 65.4 Å². The zero-order valence-electron chi connectivity index (χ0n) is 13.1. The van der Waals surface area contributed by atoms with E-state index in [1.807, 2.05) is 0 Å². The molecule has 0 spiro atoms. The summed E-state index contributed by atoms with van der Waals surface area (Å²) < 4.78 is 39.6. The summed E-state index contributed by atoms with van der Waals surface area (Å²) in [7, 11) is 1.54. The van der Waals surface area contributed by atoms with Gasteiger partial charge >= 0.3 is 12.6 Å². The van der Waals surface area contributed by atoms with Gasteiger partial charge in [-0.3, -0.25) is 0 Å². The Morgan fingerprint density at radius 1 is 1.12 bits per heavy atom. The minimum absolute atomic E-state index is 0.00358. The first kappa shape index (κ1) is 16.6. The number of benzene rings is 2. The zero-order valence-corrected chi connectivity index (χ0v) is 13.1. The average molecular weight is 345 g/mol. The molecule has 0 bridgehead atoms. The number of cyclic esters (lactones) is 1. The lowest BCUT2D eigenvalue weighted by Gasteiger charge is -2.07. The van der Waals surface area contributed by atoms with Crippen LogP contribution in [-0.4, -0.2) is 25.6 Å². The lowest BCUT2D eigenvalue weighted by molar-refractivity contribution is -0.129. The first-order valence-electron chi connectivity index (χ1n) is 7.27. The lowest BCUT2D eigenvalue weighted by atomic mass is 10.1. The smallest absolute Gasteiger partial charge is 0.387 e. The molecule has 1 aliphatic rings. The highest BCUT2D eigenvalue weighted by molar-refractivity contribution is 6.13. The zero-order chi connectivity index (χ0) is 17.8. The van der Waals surface area contributed by atoms with Crippen LogP contribution in [0.25, 0.3) is 6.08 Å². The van der Waals surface area contributed by atoms with Gasteiger partial charge in [-0.05, 0) is 36.4 Å². The second-order valence-electron chi connectivity index (χ2n) is 4.98. The number of esters is 1. The van der Waals surface area contributed by atoms with Crippen LogP contribution in [0.1, 0.15) is 11.1 Å². The molecule has 2 aromatic carbocycles. The van der Waals surface area contributed by atoms with Crippen molar-refractivity contribution >= 4 is 17.9 Å². The number of nitrogens with zero attached hydrogens (tertiary/aromatic N) is 1. The molecule has 7 heteroatoms. The van der Waals surface area contributed by atoms with E-state index in [1.165, 1.54) is 12.1 Å². The molecule has 0 aromatic heterocycles. The number of methoxy groups -OCH3 is 1. The Bertz CT molecular complexity index is 844. The van der Waals surface area contributed by atoms with Crippen molar-refractivity contribution in [1.29, 1.82) is 0 Å². The standard InChI is InChI=1S/C18H13F2NO4/c1-23-13-8-6-11(7-9-13)16-21-14(17(22)25-16)10-12-4-2-3-5-15(12)24-18(19)20/h2-10,18H,1H3/b14-10-. The van der Waals surface area contributed by atoms with E-state index >= 15 is 0 Å². The summed E-state index contributed by atoms with van der Waals surface area (Å²) in [6, 6.07) is 12.9. The number of carbonyl (C=O) groups excluding carboxylic acids is 1. The van der Waals surface area contributed by atoms with Crippen LogP contribution in [0.3, 0.4) is 0 Å². The van der Waals surface area contributed by atoms with Gasteiger partial charge in [0.25, 0.3) is 0 Å². The van der Waals surface area contributed by atoms with E-state index in [0.29, 0.717) is 16.9 Å². The maximum absolute atomic E-state index is 12.5. The molecule has 0 fully saturated rings. The predicted octanol–water partition coefficient (Wildman–Crippen LogP) is 3.64. The van der Waals surface area contributed by atoms with E-state index in [2.05, 4.69) is 9.73 Å². The Labute approximate surface area is 142 Å².